The van der Waals surface area contributed by atoms with Crippen LogP contribution in [0.2, 0.25) is 0 Å². The van der Waals surface area contributed by atoms with Gasteiger partial charge in [-0.2, -0.15) is 0 Å². The van der Waals surface area contributed by atoms with Crippen molar-refractivity contribution in [1.29, 1.82) is 0 Å². The number of aromatic nitrogens is 2. The van der Waals surface area contributed by atoms with Crippen molar-refractivity contribution in [2.24, 2.45) is 7.05 Å². The number of hydrogen-bond donors (Lipinski definition) is 0. The summed E-state index contributed by atoms with van der Waals surface area (Å²) in [7, 11) is 2.09. The molecule has 0 N–H and O–H groups in total. The molecule has 2 aromatic rings. The fourth-order valence-corrected chi connectivity index (χ4v) is 2.73. The maximum Gasteiger partial charge on any atom is 0.243 e. The molecular formula is C18H27N2+. The zero-order chi connectivity index (χ0) is 14.2. The number of imidazole rings is 1. The average Bonchev–Trinajstić information content (AvgIpc) is 2.90. The standard InChI is InChI=1S/C18H27N2/c1-3-4-5-9-12-18(20-14-13-19(2)16-20)15-17-10-7-6-8-11-17/h6-8,10-11,13-14,16,18H,3-5,9,12,15H2,1-2H3/q+1. The van der Waals surface area contributed by atoms with Crippen molar-refractivity contribution in [2.75, 3.05) is 0 Å². The van der Waals surface area contributed by atoms with Crippen molar-refractivity contribution in [1.82, 2.24) is 4.57 Å². The minimum atomic E-state index is 0.579. The molecule has 0 amide bonds. The van der Waals surface area contributed by atoms with E-state index < -0.39 is 0 Å². The van der Waals surface area contributed by atoms with Gasteiger partial charge in [0.25, 0.3) is 0 Å². The summed E-state index contributed by atoms with van der Waals surface area (Å²) in [6.07, 6.45) is 14.3. The van der Waals surface area contributed by atoms with E-state index in [-0.39, 0.29) is 0 Å². The minimum Gasteiger partial charge on any atom is -0.240 e. The first-order valence-corrected chi connectivity index (χ1v) is 7.86. The second-order valence-electron chi connectivity index (χ2n) is 5.72. The van der Waals surface area contributed by atoms with E-state index >= 15 is 0 Å². The largest absolute Gasteiger partial charge is 0.243 e. The predicted molar refractivity (Wildman–Crippen MR) is 83.6 cm³/mol. The molecule has 0 saturated heterocycles. The van der Waals surface area contributed by atoms with Crippen LogP contribution in [0.15, 0.2) is 49.1 Å². The molecule has 1 atom stereocenters. The van der Waals surface area contributed by atoms with E-state index in [1.54, 1.807) is 0 Å². The van der Waals surface area contributed by atoms with Gasteiger partial charge in [-0.05, 0) is 18.4 Å². The van der Waals surface area contributed by atoms with Crippen molar-refractivity contribution in [3.63, 3.8) is 0 Å². The number of aryl methyl sites for hydroxylation is 1. The molecule has 0 bridgehead atoms. The van der Waals surface area contributed by atoms with E-state index in [0.29, 0.717) is 6.04 Å². The summed E-state index contributed by atoms with van der Waals surface area (Å²) in [5, 5.41) is 0. The molecule has 2 heteroatoms. The smallest absolute Gasteiger partial charge is 0.240 e. The van der Waals surface area contributed by atoms with Crippen LogP contribution < -0.4 is 4.57 Å². The van der Waals surface area contributed by atoms with E-state index in [0.717, 1.165) is 6.42 Å². The van der Waals surface area contributed by atoms with Crippen LogP contribution in [0.4, 0.5) is 0 Å². The van der Waals surface area contributed by atoms with Crippen molar-refractivity contribution >= 4 is 0 Å². The first-order valence-electron chi connectivity index (χ1n) is 7.86. The molecular weight excluding hydrogens is 244 g/mol. The molecule has 0 aliphatic rings. The second-order valence-corrected chi connectivity index (χ2v) is 5.72. The van der Waals surface area contributed by atoms with Crippen LogP contribution in [0.5, 0.6) is 0 Å². The summed E-state index contributed by atoms with van der Waals surface area (Å²) >= 11 is 0. The van der Waals surface area contributed by atoms with Gasteiger partial charge in [-0.1, -0.05) is 56.5 Å². The highest BCUT2D eigenvalue weighted by Crippen LogP contribution is 2.16. The van der Waals surface area contributed by atoms with Crippen LogP contribution in [-0.4, -0.2) is 4.57 Å². The molecule has 1 aromatic carbocycles. The lowest BCUT2D eigenvalue weighted by molar-refractivity contribution is -0.723. The van der Waals surface area contributed by atoms with E-state index in [2.05, 4.69) is 72.2 Å². The molecule has 0 aliphatic heterocycles. The molecule has 0 spiro atoms. The van der Waals surface area contributed by atoms with Crippen LogP contribution in [0.3, 0.4) is 0 Å². The maximum atomic E-state index is 2.37. The third-order valence-electron chi connectivity index (χ3n) is 3.92. The number of nitrogens with zero attached hydrogens (tertiary/aromatic N) is 2. The van der Waals surface area contributed by atoms with Gasteiger partial charge in [0.15, 0.2) is 0 Å². The average molecular weight is 271 g/mol. The topological polar surface area (TPSA) is 8.81 Å². The zero-order valence-corrected chi connectivity index (χ0v) is 12.8. The van der Waals surface area contributed by atoms with Crippen LogP contribution in [0, 0.1) is 0 Å². The molecule has 0 aliphatic carbocycles. The third-order valence-corrected chi connectivity index (χ3v) is 3.92. The van der Waals surface area contributed by atoms with Gasteiger partial charge in [-0.3, -0.25) is 0 Å². The maximum absolute atomic E-state index is 2.37. The Kier molecular flexibility index (Phi) is 5.85. The number of benzene rings is 1. The molecule has 2 rings (SSSR count). The Hall–Kier alpha value is -1.57. The van der Waals surface area contributed by atoms with E-state index in [4.69, 9.17) is 0 Å². The van der Waals surface area contributed by atoms with E-state index in [1.165, 1.54) is 37.7 Å². The van der Waals surface area contributed by atoms with Gasteiger partial charge < -0.3 is 0 Å². The van der Waals surface area contributed by atoms with Crippen LogP contribution in [-0.2, 0) is 13.5 Å². The lowest BCUT2D eigenvalue weighted by Crippen LogP contribution is -2.38. The first-order chi connectivity index (χ1) is 9.79. The molecule has 0 fully saturated rings. The van der Waals surface area contributed by atoms with Crippen molar-refractivity contribution in [3.8, 4) is 0 Å². The summed E-state index contributed by atoms with van der Waals surface area (Å²) in [6.45, 7) is 2.27. The first kappa shape index (κ1) is 14.8. The molecule has 1 unspecified atom stereocenters. The Morgan fingerprint density at radius 1 is 1.10 bits per heavy atom. The molecule has 2 nitrogen and oxygen atoms in total. The zero-order valence-electron chi connectivity index (χ0n) is 12.8. The highest BCUT2D eigenvalue weighted by molar-refractivity contribution is 5.15. The molecule has 1 heterocycles. The predicted octanol–water partition coefficient (Wildman–Crippen LogP) is 4.07. The number of unbranched alkanes of at least 4 members (excludes halogenated alkanes) is 3. The van der Waals surface area contributed by atoms with E-state index in [9.17, 15) is 0 Å². The highest BCUT2D eigenvalue weighted by Gasteiger charge is 2.16. The molecule has 1 aromatic heterocycles. The van der Waals surface area contributed by atoms with Gasteiger partial charge in [0, 0.05) is 6.42 Å². The fourth-order valence-electron chi connectivity index (χ4n) is 2.73. The van der Waals surface area contributed by atoms with E-state index in [1.807, 2.05) is 0 Å². The van der Waals surface area contributed by atoms with Gasteiger partial charge >= 0.3 is 0 Å². The van der Waals surface area contributed by atoms with Crippen LogP contribution in [0.1, 0.15) is 50.6 Å². The van der Waals surface area contributed by atoms with Crippen molar-refractivity contribution in [2.45, 2.75) is 51.5 Å². The summed E-state index contributed by atoms with van der Waals surface area (Å²) in [4.78, 5) is 0. The Morgan fingerprint density at radius 2 is 1.90 bits per heavy atom. The highest BCUT2D eigenvalue weighted by atomic mass is 15.1. The fraction of sp³-hybridized carbons (Fsp3) is 0.500. The monoisotopic (exact) mass is 271 g/mol. The Morgan fingerprint density at radius 3 is 2.55 bits per heavy atom. The number of hydrogen-bond acceptors (Lipinski definition) is 0. The number of rotatable bonds is 8. The Labute approximate surface area is 123 Å². The molecule has 0 radical (unpaired) electrons. The third kappa shape index (κ3) is 4.52. The van der Waals surface area contributed by atoms with Gasteiger partial charge in [0.1, 0.15) is 18.4 Å². The Balaban J connectivity index is 2.00. The van der Waals surface area contributed by atoms with Gasteiger partial charge in [-0.25, -0.2) is 9.13 Å². The molecule has 20 heavy (non-hydrogen) atoms. The molecule has 108 valence electrons. The van der Waals surface area contributed by atoms with Gasteiger partial charge in [0.2, 0.25) is 6.33 Å². The molecule has 0 saturated carbocycles. The Bertz CT molecular complexity index is 487. The quantitative estimate of drug-likeness (QED) is 0.505. The normalized spacial score (nSPS) is 12.5. The minimum absolute atomic E-state index is 0.579. The van der Waals surface area contributed by atoms with Crippen LogP contribution >= 0.6 is 0 Å². The van der Waals surface area contributed by atoms with Crippen molar-refractivity contribution in [3.05, 3.63) is 54.6 Å². The summed E-state index contributed by atoms with van der Waals surface area (Å²) in [6, 6.07) is 11.4. The van der Waals surface area contributed by atoms with Crippen molar-refractivity contribution < 1.29 is 4.57 Å². The lowest BCUT2D eigenvalue weighted by Gasteiger charge is -2.14. The lowest BCUT2D eigenvalue weighted by atomic mass is 10.00. The summed E-state index contributed by atoms with van der Waals surface area (Å²) < 4.78 is 4.50. The summed E-state index contributed by atoms with van der Waals surface area (Å²) in [5.41, 5.74) is 1.43. The van der Waals surface area contributed by atoms with Gasteiger partial charge in [-0.15, -0.1) is 0 Å². The van der Waals surface area contributed by atoms with Gasteiger partial charge in [0.05, 0.1) is 7.05 Å². The van der Waals surface area contributed by atoms with Crippen LogP contribution in [0.25, 0.3) is 0 Å². The second kappa shape index (κ2) is 7.88. The SMILES string of the molecule is CCCCCCC(Cc1ccccc1)[n+]1ccn(C)c1. The summed E-state index contributed by atoms with van der Waals surface area (Å²) in [5.74, 6) is 0.